The summed E-state index contributed by atoms with van der Waals surface area (Å²) in [5, 5.41) is 0. The second-order valence-electron chi connectivity index (χ2n) is 3.34. The molecule has 2 aromatic rings. The van der Waals surface area contributed by atoms with Gasteiger partial charge in [0.15, 0.2) is 0 Å². The van der Waals surface area contributed by atoms with Crippen LogP contribution in [0, 0.1) is 0 Å². The van der Waals surface area contributed by atoms with E-state index in [1.807, 2.05) is 30.3 Å². The van der Waals surface area contributed by atoms with Crippen LogP contribution in [0.15, 0.2) is 60.7 Å². The minimum absolute atomic E-state index is 0.826. The Balaban J connectivity index is 0.000000154. The van der Waals surface area contributed by atoms with Gasteiger partial charge in [-0.3, -0.25) is 0 Å². The van der Waals surface area contributed by atoms with Crippen molar-refractivity contribution in [2.24, 2.45) is 0 Å². The van der Waals surface area contributed by atoms with Crippen LogP contribution in [-0.4, -0.2) is 0 Å². The Bertz CT molecular complexity index is 404. The monoisotopic (exact) mass is 341 g/mol. The van der Waals surface area contributed by atoms with Gasteiger partial charge in [0.1, 0.15) is 0 Å². The zero-order chi connectivity index (χ0) is 12.3. The molecule has 88 valence electrons. The van der Waals surface area contributed by atoms with E-state index in [-0.39, 0.29) is 0 Å². The van der Waals surface area contributed by atoms with Crippen molar-refractivity contribution in [3.8, 4) is 0 Å². The van der Waals surface area contributed by atoms with Crippen LogP contribution >= 0.6 is 17.0 Å². The summed E-state index contributed by atoms with van der Waals surface area (Å²) < 4.78 is 0. The first-order valence-corrected chi connectivity index (χ1v) is 11.6. The van der Waals surface area contributed by atoms with Crippen LogP contribution in [0.25, 0.3) is 6.08 Å². The average molecular weight is 343 g/mol. The number of allylic oxidation sites excluding steroid dienone is 1. The average Bonchev–Trinajstić information content (AvgIpc) is 3.05. The number of rotatable bonds is 0. The first kappa shape index (κ1) is 14.8. The quantitative estimate of drug-likeness (QED) is 0.588. The minimum atomic E-state index is -0.826. The Labute approximate surface area is 121 Å². The molecule has 0 unspecified atom stereocenters. The summed E-state index contributed by atoms with van der Waals surface area (Å²) in [4.78, 5) is 0. The summed E-state index contributed by atoms with van der Waals surface area (Å²) in [7, 11) is 9.87. The van der Waals surface area contributed by atoms with Crippen LogP contribution in [0.1, 0.15) is 11.1 Å². The van der Waals surface area contributed by atoms with E-state index in [0.29, 0.717) is 0 Å². The van der Waals surface area contributed by atoms with Crippen molar-refractivity contribution >= 4 is 23.1 Å². The number of hydrogen-bond acceptors (Lipinski definition) is 0. The maximum atomic E-state index is 4.93. The summed E-state index contributed by atoms with van der Waals surface area (Å²) in [6, 6.07) is 18.5. The van der Waals surface area contributed by atoms with Crippen molar-refractivity contribution in [1.29, 1.82) is 0 Å². The smallest absolute Gasteiger partial charge is 0.172 e. The molecule has 0 heterocycles. The van der Waals surface area contributed by atoms with Gasteiger partial charge < -0.3 is 0 Å². The first-order chi connectivity index (χ1) is 8.38. The summed E-state index contributed by atoms with van der Waals surface area (Å²) in [6.07, 6.45) is 5.50. The third-order valence-electron chi connectivity index (χ3n) is 2.25. The molecule has 0 saturated heterocycles. The van der Waals surface area contributed by atoms with Gasteiger partial charge in [0.25, 0.3) is 0 Å². The van der Waals surface area contributed by atoms with Crippen molar-refractivity contribution in [3.05, 3.63) is 71.8 Å². The van der Waals surface area contributed by atoms with Crippen LogP contribution in [0.5, 0.6) is 0 Å². The molecule has 1 aliphatic rings. The number of benzene rings is 1. The van der Waals surface area contributed by atoms with Crippen molar-refractivity contribution < 1.29 is 20.8 Å². The number of halogens is 2. The predicted molar refractivity (Wildman–Crippen MR) is 72.9 cm³/mol. The van der Waals surface area contributed by atoms with Gasteiger partial charge in [-0.15, -0.1) is 0 Å². The summed E-state index contributed by atoms with van der Waals surface area (Å²) in [6.45, 7) is 0. The molecular formula is C14H13Cl2Zr-. The van der Waals surface area contributed by atoms with Crippen LogP contribution < -0.4 is 0 Å². The van der Waals surface area contributed by atoms with E-state index >= 15 is 0 Å². The molecule has 17 heavy (non-hydrogen) atoms. The molecule has 0 nitrogen and oxygen atoms in total. The molecule has 1 aliphatic carbocycles. The van der Waals surface area contributed by atoms with Gasteiger partial charge >= 0.3 is 37.9 Å². The summed E-state index contributed by atoms with van der Waals surface area (Å²) in [5.74, 6) is 0. The van der Waals surface area contributed by atoms with Crippen LogP contribution in [0.3, 0.4) is 0 Å². The Kier molecular flexibility index (Phi) is 8.52. The molecule has 0 saturated carbocycles. The molecule has 0 amide bonds. The summed E-state index contributed by atoms with van der Waals surface area (Å²) in [5.41, 5.74) is 2.84. The molecule has 0 radical (unpaired) electrons. The SMILES string of the molecule is C1=Cc2ccccc2C1.[Cl][Zr][Cl].c1cc[cH-]c1. The van der Waals surface area contributed by atoms with Gasteiger partial charge in [0, 0.05) is 0 Å². The van der Waals surface area contributed by atoms with Gasteiger partial charge in [-0.25, -0.2) is 12.1 Å². The molecule has 0 fully saturated rings. The summed E-state index contributed by atoms with van der Waals surface area (Å²) >= 11 is -0.826. The topological polar surface area (TPSA) is 0 Å². The third-order valence-corrected chi connectivity index (χ3v) is 2.25. The van der Waals surface area contributed by atoms with Gasteiger partial charge in [-0.2, -0.15) is 18.2 Å². The zero-order valence-electron chi connectivity index (χ0n) is 9.31. The van der Waals surface area contributed by atoms with E-state index in [2.05, 4.69) is 36.4 Å². The van der Waals surface area contributed by atoms with Crippen molar-refractivity contribution in [1.82, 2.24) is 0 Å². The van der Waals surface area contributed by atoms with E-state index in [1.54, 1.807) is 0 Å². The molecule has 0 aromatic heterocycles. The fourth-order valence-electron chi connectivity index (χ4n) is 1.52. The van der Waals surface area contributed by atoms with E-state index in [9.17, 15) is 0 Å². The van der Waals surface area contributed by atoms with Crippen LogP contribution in [0.4, 0.5) is 0 Å². The van der Waals surface area contributed by atoms with Crippen LogP contribution in [0.2, 0.25) is 0 Å². The molecule has 0 atom stereocenters. The van der Waals surface area contributed by atoms with E-state index in [4.69, 9.17) is 17.0 Å². The van der Waals surface area contributed by atoms with E-state index < -0.39 is 20.8 Å². The van der Waals surface area contributed by atoms with Gasteiger partial charge in [0.2, 0.25) is 0 Å². The molecule has 0 bridgehead atoms. The predicted octanol–water partition coefficient (Wildman–Crippen LogP) is 5.04. The van der Waals surface area contributed by atoms with Crippen molar-refractivity contribution in [2.75, 3.05) is 0 Å². The third kappa shape index (κ3) is 6.31. The fourth-order valence-corrected chi connectivity index (χ4v) is 1.52. The Morgan fingerprint density at radius 2 is 1.65 bits per heavy atom. The largest absolute Gasteiger partial charge is 0.214 e. The number of fused-ring (bicyclic) bond motifs is 1. The van der Waals surface area contributed by atoms with Crippen molar-refractivity contribution in [2.45, 2.75) is 6.42 Å². The molecule has 0 N–H and O–H groups in total. The second-order valence-corrected chi connectivity index (χ2v) is 7.07. The zero-order valence-corrected chi connectivity index (χ0v) is 13.3. The maximum Gasteiger partial charge on any atom is -0.172 e. The molecule has 2 aromatic carbocycles. The molecular weight excluding hydrogens is 330 g/mol. The Hall–Kier alpha value is -0.227. The van der Waals surface area contributed by atoms with Gasteiger partial charge in [-0.05, 0) is 17.5 Å². The Morgan fingerprint density at radius 3 is 2.18 bits per heavy atom. The molecule has 0 aliphatic heterocycles. The normalized spacial score (nSPS) is 10.5. The standard InChI is InChI=1S/C9H8.C5H5.2ClH.Zr/c1-2-5-9-7-3-6-8(9)4-1;1-2-4-5-3-1;;;/h1-6H,7H2;1-5H;2*1H;/q;-1;;;+2/p-2. The molecule has 0 spiro atoms. The fraction of sp³-hybridized carbons (Fsp3) is 0.0714. The van der Waals surface area contributed by atoms with E-state index in [1.165, 1.54) is 11.1 Å². The first-order valence-electron chi connectivity index (χ1n) is 5.26. The number of hydrogen-bond donors (Lipinski definition) is 0. The maximum absolute atomic E-state index is 4.93. The molecule has 3 rings (SSSR count). The second kappa shape index (κ2) is 9.77. The Morgan fingerprint density at radius 1 is 1.00 bits per heavy atom. The van der Waals surface area contributed by atoms with Gasteiger partial charge in [0.05, 0.1) is 0 Å². The molecule has 3 heteroatoms. The van der Waals surface area contributed by atoms with E-state index in [0.717, 1.165) is 6.42 Å². The van der Waals surface area contributed by atoms with Gasteiger partial charge in [-0.1, -0.05) is 36.4 Å². The van der Waals surface area contributed by atoms with Crippen LogP contribution in [-0.2, 0) is 27.3 Å². The van der Waals surface area contributed by atoms with Crippen molar-refractivity contribution in [3.63, 3.8) is 0 Å². The minimum Gasteiger partial charge on any atom is -0.214 e.